The molecule has 2 atom stereocenters. The van der Waals surface area contributed by atoms with Crippen molar-refractivity contribution in [3.05, 3.63) is 36.0 Å². The number of amides is 3. The zero-order chi connectivity index (χ0) is 25.1. The molecule has 0 unspecified atom stereocenters. The Labute approximate surface area is 212 Å². The van der Waals surface area contributed by atoms with Crippen molar-refractivity contribution in [2.45, 2.75) is 63.6 Å². The molecule has 0 aliphatic carbocycles. The number of methoxy groups -OCH3 is 1. The number of carbonyl (C=O) groups excluding carboxylic acids is 2. The summed E-state index contributed by atoms with van der Waals surface area (Å²) in [6.07, 6.45) is 7.02. The maximum absolute atomic E-state index is 13.7. The molecule has 36 heavy (non-hydrogen) atoms. The molecule has 3 aliphatic heterocycles. The Bertz CT molecular complexity index is 1060. The van der Waals surface area contributed by atoms with Crippen LogP contribution in [-0.2, 0) is 16.1 Å². The van der Waals surface area contributed by atoms with Gasteiger partial charge in [-0.2, -0.15) is 5.10 Å². The van der Waals surface area contributed by atoms with Gasteiger partial charge in [0.2, 0.25) is 0 Å². The molecule has 3 amide bonds. The Morgan fingerprint density at radius 2 is 1.94 bits per heavy atom. The third-order valence-corrected chi connectivity index (χ3v) is 8.03. The lowest BCUT2D eigenvalue weighted by Gasteiger charge is -2.41. The highest BCUT2D eigenvalue weighted by molar-refractivity contribution is 6.07. The lowest BCUT2D eigenvalue weighted by molar-refractivity contribution is -0.135. The summed E-state index contributed by atoms with van der Waals surface area (Å²) < 4.78 is 11.0. The second-order valence-electron chi connectivity index (χ2n) is 10.3. The van der Waals surface area contributed by atoms with Crippen molar-refractivity contribution in [3.8, 4) is 17.0 Å². The van der Waals surface area contributed by atoms with Crippen molar-refractivity contribution in [2.24, 2.45) is 5.92 Å². The number of aromatic amines is 1. The van der Waals surface area contributed by atoms with E-state index in [0.29, 0.717) is 19.6 Å². The molecule has 2 N–H and O–H groups in total. The first-order valence-electron chi connectivity index (χ1n) is 13.2. The van der Waals surface area contributed by atoms with E-state index in [1.165, 1.54) is 4.90 Å². The third-order valence-electron chi connectivity index (χ3n) is 8.03. The number of ether oxygens (including phenoxy) is 2. The molecule has 9 nitrogen and oxygen atoms in total. The molecule has 1 aromatic heterocycles. The molecule has 194 valence electrons. The summed E-state index contributed by atoms with van der Waals surface area (Å²) in [4.78, 5) is 30.4. The van der Waals surface area contributed by atoms with Crippen LogP contribution in [0.3, 0.4) is 0 Å². The highest BCUT2D eigenvalue weighted by atomic mass is 16.5. The average molecular weight is 496 g/mol. The minimum absolute atomic E-state index is 0.0335. The van der Waals surface area contributed by atoms with Gasteiger partial charge < -0.3 is 14.8 Å². The summed E-state index contributed by atoms with van der Waals surface area (Å²) in [5.74, 6) is 0.899. The van der Waals surface area contributed by atoms with Gasteiger partial charge in [-0.1, -0.05) is 13.3 Å². The van der Waals surface area contributed by atoms with E-state index in [4.69, 9.17) is 9.47 Å². The summed E-state index contributed by atoms with van der Waals surface area (Å²) in [6.45, 7) is 5.69. The van der Waals surface area contributed by atoms with Gasteiger partial charge in [0.1, 0.15) is 11.3 Å². The normalized spacial score (nSPS) is 25.5. The van der Waals surface area contributed by atoms with Gasteiger partial charge in [-0.15, -0.1) is 0 Å². The molecule has 0 radical (unpaired) electrons. The zero-order valence-electron chi connectivity index (χ0n) is 21.3. The van der Waals surface area contributed by atoms with Gasteiger partial charge in [-0.3, -0.25) is 19.7 Å². The SMILES string of the molecule is CCC[C@@]1(C2CCN(Cc3cn[nH]c3-c3ccc(OC)cc3)CC2)NC(=O)N(C[C@H]2CCCO2)C1=O. The topological polar surface area (TPSA) is 99.8 Å². The molecule has 3 saturated heterocycles. The fourth-order valence-corrected chi connectivity index (χ4v) is 6.11. The van der Waals surface area contributed by atoms with E-state index < -0.39 is 5.54 Å². The number of benzene rings is 1. The van der Waals surface area contributed by atoms with Crippen LogP contribution in [0.15, 0.2) is 30.5 Å². The first-order valence-corrected chi connectivity index (χ1v) is 13.2. The number of hydrogen-bond acceptors (Lipinski definition) is 6. The van der Waals surface area contributed by atoms with Crippen molar-refractivity contribution in [1.82, 2.24) is 25.3 Å². The maximum atomic E-state index is 13.7. The van der Waals surface area contributed by atoms with E-state index in [1.807, 2.05) is 30.5 Å². The van der Waals surface area contributed by atoms with E-state index in [9.17, 15) is 9.59 Å². The zero-order valence-corrected chi connectivity index (χ0v) is 21.3. The highest BCUT2D eigenvalue weighted by Gasteiger charge is 2.55. The van der Waals surface area contributed by atoms with Gasteiger partial charge in [0, 0.05) is 24.3 Å². The molecule has 4 heterocycles. The molecule has 0 spiro atoms. The Hall–Kier alpha value is -2.91. The van der Waals surface area contributed by atoms with Crippen LogP contribution in [0.1, 0.15) is 51.0 Å². The number of nitrogens with zero attached hydrogens (tertiary/aromatic N) is 3. The number of hydrogen-bond donors (Lipinski definition) is 2. The van der Waals surface area contributed by atoms with Gasteiger partial charge in [0.05, 0.1) is 31.6 Å². The van der Waals surface area contributed by atoms with Gasteiger partial charge >= 0.3 is 6.03 Å². The number of H-pyrrole nitrogens is 1. The fourth-order valence-electron chi connectivity index (χ4n) is 6.11. The van der Waals surface area contributed by atoms with Gasteiger partial charge in [0.15, 0.2) is 0 Å². The number of nitrogens with one attached hydrogen (secondary N) is 2. The Morgan fingerprint density at radius 1 is 1.17 bits per heavy atom. The molecular formula is C27H37N5O4. The fraction of sp³-hybridized carbons (Fsp3) is 0.593. The summed E-state index contributed by atoms with van der Waals surface area (Å²) in [5, 5.41) is 10.6. The van der Waals surface area contributed by atoms with Crippen LogP contribution in [0.5, 0.6) is 5.75 Å². The lowest BCUT2D eigenvalue weighted by Crippen LogP contribution is -2.56. The second kappa shape index (κ2) is 10.6. The quantitative estimate of drug-likeness (QED) is 0.516. The van der Waals surface area contributed by atoms with Crippen molar-refractivity contribution < 1.29 is 19.1 Å². The molecular weight excluding hydrogens is 458 g/mol. The molecule has 1 aromatic carbocycles. The van der Waals surface area contributed by atoms with Crippen LogP contribution in [-0.4, -0.2) is 76.9 Å². The lowest BCUT2D eigenvalue weighted by atomic mass is 9.74. The monoisotopic (exact) mass is 495 g/mol. The van der Waals surface area contributed by atoms with Crippen molar-refractivity contribution in [1.29, 1.82) is 0 Å². The van der Waals surface area contributed by atoms with Crippen LogP contribution in [0.2, 0.25) is 0 Å². The van der Waals surface area contributed by atoms with Crippen molar-refractivity contribution in [3.63, 3.8) is 0 Å². The predicted octanol–water partition coefficient (Wildman–Crippen LogP) is 3.57. The molecule has 3 aliphatic rings. The van der Waals surface area contributed by atoms with Gasteiger partial charge in [-0.25, -0.2) is 4.79 Å². The molecule has 0 bridgehead atoms. The average Bonchev–Trinajstić information content (AvgIpc) is 3.63. The van der Waals surface area contributed by atoms with Crippen LogP contribution < -0.4 is 10.1 Å². The predicted molar refractivity (Wildman–Crippen MR) is 135 cm³/mol. The van der Waals surface area contributed by atoms with Gasteiger partial charge in [0.25, 0.3) is 5.91 Å². The summed E-state index contributed by atoms with van der Waals surface area (Å²) >= 11 is 0. The van der Waals surface area contributed by atoms with E-state index >= 15 is 0 Å². The van der Waals surface area contributed by atoms with Crippen molar-refractivity contribution >= 4 is 11.9 Å². The van der Waals surface area contributed by atoms with E-state index in [0.717, 1.165) is 74.3 Å². The van der Waals surface area contributed by atoms with Crippen LogP contribution in [0.25, 0.3) is 11.3 Å². The molecule has 0 saturated carbocycles. The van der Waals surface area contributed by atoms with Gasteiger partial charge in [-0.05, 0) is 75.4 Å². The Kier molecular flexibility index (Phi) is 7.29. The maximum Gasteiger partial charge on any atom is 0.325 e. The van der Waals surface area contributed by atoms with Crippen molar-refractivity contribution in [2.75, 3.05) is 33.4 Å². The smallest absolute Gasteiger partial charge is 0.325 e. The highest BCUT2D eigenvalue weighted by Crippen LogP contribution is 2.38. The summed E-state index contributed by atoms with van der Waals surface area (Å²) in [6, 6.07) is 7.72. The minimum Gasteiger partial charge on any atom is -0.497 e. The van der Waals surface area contributed by atoms with E-state index in [1.54, 1.807) is 7.11 Å². The number of aromatic nitrogens is 2. The molecule has 5 rings (SSSR count). The number of piperidine rings is 1. The first kappa shape index (κ1) is 24.8. The van der Waals surface area contributed by atoms with Crippen LogP contribution in [0.4, 0.5) is 4.79 Å². The minimum atomic E-state index is -0.791. The molecule has 2 aromatic rings. The standard InChI is InChI=1S/C27H37N5O4/c1-3-12-27(25(33)32(26(34)29-27)18-23-5-4-15-36-23)21-10-13-31(14-11-21)17-20-16-28-30-24(20)19-6-8-22(35-2)9-7-19/h6-9,16,21,23H,3-5,10-15,17-18H2,1-2H3,(H,28,30)(H,29,34)/t23-,27+/m1/s1. The Balaban J connectivity index is 1.24. The summed E-state index contributed by atoms with van der Waals surface area (Å²) in [7, 11) is 1.66. The largest absolute Gasteiger partial charge is 0.497 e. The van der Waals surface area contributed by atoms with Crippen LogP contribution >= 0.6 is 0 Å². The molecule has 3 fully saturated rings. The number of rotatable bonds is 9. The number of likely N-dealkylation sites (tertiary alicyclic amines) is 1. The van der Waals surface area contributed by atoms with E-state index in [-0.39, 0.29) is 24.0 Å². The Morgan fingerprint density at radius 3 is 2.61 bits per heavy atom. The van der Waals surface area contributed by atoms with E-state index in [2.05, 4.69) is 27.3 Å². The molecule has 9 heteroatoms. The second-order valence-corrected chi connectivity index (χ2v) is 10.3. The number of carbonyl (C=O) groups is 2. The first-order chi connectivity index (χ1) is 17.5. The number of imide groups is 1. The summed E-state index contributed by atoms with van der Waals surface area (Å²) in [5.41, 5.74) is 2.45. The van der Waals surface area contributed by atoms with Crippen LogP contribution in [0, 0.1) is 5.92 Å². The number of urea groups is 1. The third kappa shape index (κ3) is 4.74.